The summed E-state index contributed by atoms with van der Waals surface area (Å²) >= 11 is 0. The second kappa shape index (κ2) is 7.42. The van der Waals surface area contributed by atoms with Crippen molar-refractivity contribution < 1.29 is 17.4 Å². The van der Waals surface area contributed by atoms with Gasteiger partial charge in [-0.2, -0.15) is 9.40 Å². The van der Waals surface area contributed by atoms with E-state index in [-0.39, 0.29) is 23.0 Å². The lowest BCUT2D eigenvalue weighted by Crippen LogP contribution is -2.44. The van der Waals surface area contributed by atoms with Crippen molar-refractivity contribution in [2.24, 2.45) is 7.05 Å². The van der Waals surface area contributed by atoms with E-state index in [4.69, 9.17) is 0 Å². The van der Waals surface area contributed by atoms with Crippen LogP contribution in [0.15, 0.2) is 41.6 Å². The van der Waals surface area contributed by atoms with Crippen LogP contribution in [0.1, 0.15) is 35.3 Å². The fourth-order valence-electron chi connectivity index (χ4n) is 3.02. The first-order valence-corrected chi connectivity index (χ1v) is 11.2. The zero-order chi connectivity index (χ0) is 18.9. The summed E-state index contributed by atoms with van der Waals surface area (Å²) in [5.41, 5.74) is 1.09. The third-order valence-corrected chi connectivity index (χ3v) is 7.65. The molecular weight excluding hydrogens is 374 g/mol. The van der Waals surface area contributed by atoms with Crippen molar-refractivity contribution in [3.63, 3.8) is 0 Å². The monoisotopic (exact) mass is 395 g/mol. The molecule has 1 fully saturated rings. The molecule has 2 atom stereocenters. The molecule has 0 N–H and O–H groups in total. The minimum absolute atomic E-state index is 0.0818. The smallest absolute Gasteiger partial charge is 0.243 e. The number of carbonyl (C=O) groups excluding carboxylic acids is 1. The minimum Gasteiger partial charge on any atom is -0.294 e. The summed E-state index contributed by atoms with van der Waals surface area (Å²) in [7, 11) is -3.16. The van der Waals surface area contributed by atoms with Crippen molar-refractivity contribution in [2.45, 2.75) is 24.3 Å². The topological polar surface area (TPSA) is 89.3 Å². The molecule has 2 unspecified atom stereocenters. The van der Waals surface area contributed by atoms with Crippen LogP contribution < -0.4 is 0 Å². The summed E-state index contributed by atoms with van der Waals surface area (Å²) in [6.07, 6.45) is 3.66. The maximum Gasteiger partial charge on any atom is 0.243 e. The van der Waals surface area contributed by atoms with Crippen LogP contribution in [-0.4, -0.2) is 50.5 Å². The quantitative estimate of drug-likeness (QED) is 0.716. The predicted octanol–water partition coefficient (Wildman–Crippen LogP) is 1.51. The van der Waals surface area contributed by atoms with E-state index in [1.165, 1.54) is 16.4 Å². The number of sulfonamides is 1. The van der Waals surface area contributed by atoms with E-state index in [2.05, 4.69) is 5.10 Å². The molecule has 2 heterocycles. The maximum absolute atomic E-state index is 13.2. The Balaban J connectivity index is 2.01. The van der Waals surface area contributed by atoms with Gasteiger partial charge in [-0.15, -0.1) is 0 Å². The Morgan fingerprint density at radius 2 is 2.15 bits per heavy atom. The van der Waals surface area contributed by atoms with Gasteiger partial charge < -0.3 is 0 Å². The average Bonchev–Trinajstić information content (AvgIpc) is 3.07. The van der Waals surface area contributed by atoms with Gasteiger partial charge in [0.05, 0.1) is 17.1 Å². The fraction of sp³-hybridized carbons (Fsp3) is 0.412. The minimum atomic E-state index is -3.83. The molecule has 1 aliphatic heterocycles. The number of carbonyl (C=O) groups is 1. The summed E-state index contributed by atoms with van der Waals surface area (Å²) in [5.74, 6) is 0.424. The number of aryl methyl sites for hydroxylation is 1. The van der Waals surface area contributed by atoms with Gasteiger partial charge in [0.1, 0.15) is 0 Å². The highest BCUT2D eigenvalue weighted by Gasteiger charge is 2.37. The molecule has 1 aliphatic rings. The van der Waals surface area contributed by atoms with Crippen LogP contribution in [-0.2, 0) is 27.9 Å². The van der Waals surface area contributed by atoms with E-state index in [9.17, 15) is 17.4 Å². The number of aromatic nitrogens is 2. The molecule has 9 heteroatoms. The standard InChI is InChI=1S/C17H21N3O4S2/c1-3-17(21)13-5-4-6-15(9-13)26(23,24)20-7-8-25(22)12-16(20)14-10-18-19(2)11-14/h4-6,9-11,16H,3,7-8,12H2,1-2H3. The Morgan fingerprint density at radius 3 is 2.81 bits per heavy atom. The summed E-state index contributed by atoms with van der Waals surface area (Å²) in [5, 5.41) is 4.11. The predicted molar refractivity (Wildman–Crippen MR) is 98.8 cm³/mol. The third kappa shape index (κ3) is 3.65. The first-order chi connectivity index (χ1) is 12.3. The van der Waals surface area contributed by atoms with Crippen LogP contribution in [0.5, 0.6) is 0 Å². The van der Waals surface area contributed by atoms with E-state index in [0.29, 0.717) is 23.3 Å². The first-order valence-electron chi connectivity index (χ1n) is 8.31. The number of benzene rings is 1. The molecule has 0 spiro atoms. The largest absolute Gasteiger partial charge is 0.294 e. The van der Waals surface area contributed by atoms with Gasteiger partial charge in [0, 0.05) is 59.6 Å². The lowest BCUT2D eigenvalue weighted by atomic mass is 10.1. The molecule has 140 valence electrons. The highest BCUT2D eigenvalue weighted by molar-refractivity contribution is 7.89. The molecule has 0 radical (unpaired) electrons. The average molecular weight is 396 g/mol. The number of hydrogen-bond donors (Lipinski definition) is 0. The van der Waals surface area contributed by atoms with Crippen molar-refractivity contribution in [2.75, 3.05) is 18.1 Å². The van der Waals surface area contributed by atoms with Crippen LogP contribution in [0.3, 0.4) is 0 Å². The van der Waals surface area contributed by atoms with Crippen molar-refractivity contribution in [1.29, 1.82) is 0 Å². The first kappa shape index (κ1) is 18.9. The summed E-state index contributed by atoms with van der Waals surface area (Å²) in [6, 6.07) is 5.58. The number of Topliss-reactive ketones (excluding diaryl/α,β-unsaturated/α-hetero) is 1. The Kier molecular flexibility index (Phi) is 5.40. The van der Waals surface area contributed by atoms with Crippen molar-refractivity contribution in [3.8, 4) is 0 Å². The van der Waals surface area contributed by atoms with Gasteiger partial charge in [-0.25, -0.2) is 8.42 Å². The van der Waals surface area contributed by atoms with E-state index >= 15 is 0 Å². The second-order valence-corrected chi connectivity index (χ2v) is 9.71. The van der Waals surface area contributed by atoms with Crippen molar-refractivity contribution in [1.82, 2.24) is 14.1 Å². The maximum atomic E-state index is 13.2. The van der Waals surface area contributed by atoms with Gasteiger partial charge in [-0.05, 0) is 12.1 Å². The van der Waals surface area contributed by atoms with Gasteiger partial charge in [0.25, 0.3) is 0 Å². The van der Waals surface area contributed by atoms with E-state index in [0.717, 1.165) is 0 Å². The molecule has 0 bridgehead atoms. The Labute approximate surface area is 155 Å². The number of rotatable bonds is 5. The third-order valence-electron chi connectivity index (χ3n) is 4.42. The summed E-state index contributed by atoms with van der Waals surface area (Å²) in [4.78, 5) is 12.0. The molecule has 1 aromatic carbocycles. The molecule has 3 rings (SSSR count). The second-order valence-electron chi connectivity index (χ2n) is 6.19. The fourth-order valence-corrected chi connectivity index (χ4v) is 6.18. The summed E-state index contributed by atoms with van der Waals surface area (Å²) < 4.78 is 41.5. The molecule has 0 saturated carbocycles. The molecule has 2 aromatic rings. The number of hydrogen-bond acceptors (Lipinski definition) is 5. The zero-order valence-electron chi connectivity index (χ0n) is 14.7. The van der Waals surface area contributed by atoms with Gasteiger partial charge >= 0.3 is 0 Å². The number of ketones is 1. The Morgan fingerprint density at radius 1 is 1.38 bits per heavy atom. The van der Waals surface area contributed by atoms with Gasteiger partial charge in [0.15, 0.2) is 5.78 Å². The number of nitrogens with zero attached hydrogens (tertiary/aromatic N) is 3. The van der Waals surface area contributed by atoms with E-state index in [1.807, 2.05) is 0 Å². The van der Waals surface area contributed by atoms with Crippen LogP contribution in [0.25, 0.3) is 0 Å². The zero-order valence-corrected chi connectivity index (χ0v) is 16.3. The van der Waals surface area contributed by atoms with Crippen LogP contribution in [0.4, 0.5) is 0 Å². The Hall–Kier alpha value is -1.84. The molecule has 0 aliphatic carbocycles. The van der Waals surface area contributed by atoms with E-state index < -0.39 is 26.9 Å². The SMILES string of the molecule is CCC(=O)c1cccc(S(=O)(=O)N2CCS(=O)CC2c2cnn(C)c2)c1. The van der Waals surface area contributed by atoms with Gasteiger partial charge in [-0.1, -0.05) is 19.1 Å². The lowest BCUT2D eigenvalue weighted by Gasteiger charge is -2.33. The molecular formula is C17H21N3O4S2. The molecule has 7 nitrogen and oxygen atoms in total. The molecule has 1 aromatic heterocycles. The highest BCUT2D eigenvalue weighted by Crippen LogP contribution is 2.31. The molecule has 26 heavy (non-hydrogen) atoms. The van der Waals surface area contributed by atoms with E-state index in [1.54, 1.807) is 43.2 Å². The van der Waals surface area contributed by atoms with Gasteiger partial charge in [0.2, 0.25) is 10.0 Å². The molecule has 0 amide bonds. The van der Waals surface area contributed by atoms with Crippen molar-refractivity contribution in [3.05, 3.63) is 47.8 Å². The normalized spacial score (nSPS) is 21.6. The lowest BCUT2D eigenvalue weighted by molar-refractivity contribution is 0.0988. The summed E-state index contributed by atoms with van der Waals surface area (Å²) in [6.45, 7) is 1.91. The van der Waals surface area contributed by atoms with Gasteiger partial charge in [-0.3, -0.25) is 13.7 Å². The van der Waals surface area contributed by atoms with Crippen LogP contribution in [0.2, 0.25) is 0 Å². The van der Waals surface area contributed by atoms with Crippen molar-refractivity contribution >= 4 is 26.6 Å². The highest BCUT2D eigenvalue weighted by atomic mass is 32.2. The molecule has 1 saturated heterocycles. The van der Waals surface area contributed by atoms with Crippen LogP contribution in [0, 0.1) is 0 Å². The Bertz CT molecular complexity index is 952. The van der Waals surface area contributed by atoms with Crippen LogP contribution >= 0.6 is 0 Å².